The van der Waals surface area contributed by atoms with E-state index in [9.17, 15) is 4.39 Å². The summed E-state index contributed by atoms with van der Waals surface area (Å²) < 4.78 is 22.4. The molecule has 5 rings (SSSR count). The Kier molecular flexibility index (Phi) is 4.37. The van der Waals surface area contributed by atoms with E-state index in [0.717, 1.165) is 31.6 Å². The lowest BCUT2D eigenvalue weighted by molar-refractivity contribution is 0.218. The number of benzene rings is 1. The van der Waals surface area contributed by atoms with E-state index in [4.69, 9.17) is 4.74 Å². The fourth-order valence-corrected chi connectivity index (χ4v) is 3.67. The molecular weight excluding hydrogens is 357 g/mol. The first-order valence-corrected chi connectivity index (χ1v) is 9.52. The van der Waals surface area contributed by atoms with Crippen LogP contribution in [-0.4, -0.2) is 39.3 Å². The summed E-state index contributed by atoms with van der Waals surface area (Å²) in [4.78, 5) is 4.49. The number of rotatable bonds is 4. The van der Waals surface area contributed by atoms with Crippen LogP contribution in [0.15, 0.2) is 48.7 Å². The average molecular weight is 377 g/mol. The summed E-state index contributed by atoms with van der Waals surface area (Å²) in [5.41, 5.74) is 1.60. The van der Waals surface area contributed by atoms with Crippen LogP contribution < -0.4 is 10.1 Å². The summed E-state index contributed by atoms with van der Waals surface area (Å²) in [6.07, 6.45) is 4.16. The van der Waals surface area contributed by atoms with E-state index in [0.29, 0.717) is 40.7 Å². The second-order valence-electron chi connectivity index (χ2n) is 7.15. The Balaban J connectivity index is 1.44. The molecule has 1 saturated heterocycles. The molecule has 1 N–H and O–H groups in total. The van der Waals surface area contributed by atoms with Crippen LogP contribution in [-0.2, 0) is 0 Å². The minimum atomic E-state index is -0.398. The van der Waals surface area contributed by atoms with Gasteiger partial charge in [0.05, 0.1) is 6.61 Å². The van der Waals surface area contributed by atoms with Gasteiger partial charge in [-0.25, -0.2) is 9.37 Å². The highest BCUT2D eigenvalue weighted by atomic mass is 19.1. The van der Waals surface area contributed by atoms with Gasteiger partial charge in [0.25, 0.3) is 0 Å². The number of hydrogen-bond acceptors (Lipinski definition) is 5. The highest BCUT2D eigenvalue weighted by Crippen LogP contribution is 2.27. The normalized spacial score (nSPS) is 17.2. The van der Waals surface area contributed by atoms with Crippen LogP contribution in [0.2, 0.25) is 0 Å². The van der Waals surface area contributed by atoms with Crippen LogP contribution >= 0.6 is 0 Å². The summed E-state index contributed by atoms with van der Waals surface area (Å²) in [7, 11) is 0. The van der Waals surface area contributed by atoms with Gasteiger partial charge in [0.15, 0.2) is 17.3 Å². The van der Waals surface area contributed by atoms with Gasteiger partial charge in [0.2, 0.25) is 0 Å². The molecule has 4 aromatic rings. The lowest BCUT2D eigenvalue weighted by Crippen LogP contribution is -2.33. The van der Waals surface area contributed by atoms with Crippen molar-refractivity contribution < 1.29 is 9.13 Å². The number of nitrogens with one attached hydrogen (secondary N) is 1. The zero-order chi connectivity index (χ0) is 18.9. The fraction of sp³-hybridized carbons (Fsp3) is 0.286. The third kappa shape index (κ3) is 3.18. The topological polar surface area (TPSA) is 64.3 Å². The number of fused-ring (bicyclic) bond motifs is 2. The van der Waals surface area contributed by atoms with E-state index in [1.165, 1.54) is 6.07 Å². The molecule has 0 spiro atoms. The number of hydrogen-bond donors (Lipinski definition) is 1. The second-order valence-corrected chi connectivity index (χ2v) is 7.15. The standard InChI is InChI=1S/C21H20FN5O/c22-17-11-16(28-13-14-4-3-8-23-12-14)10-15-6-7-18(24-20(15)17)21-26-25-19-5-1-2-9-27(19)21/h1-2,5-7,9-11,14,23H,3-4,8,12-13H2. The highest BCUT2D eigenvalue weighted by molar-refractivity contribution is 5.83. The van der Waals surface area contributed by atoms with Crippen molar-refractivity contribution in [1.82, 2.24) is 24.9 Å². The van der Waals surface area contributed by atoms with Crippen molar-refractivity contribution in [1.29, 1.82) is 0 Å². The molecule has 1 aliphatic heterocycles. The largest absolute Gasteiger partial charge is 0.493 e. The molecule has 7 heteroatoms. The van der Waals surface area contributed by atoms with Crippen molar-refractivity contribution in [3.05, 3.63) is 54.5 Å². The molecule has 6 nitrogen and oxygen atoms in total. The first-order valence-electron chi connectivity index (χ1n) is 9.52. The van der Waals surface area contributed by atoms with Gasteiger partial charge in [-0.3, -0.25) is 4.40 Å². The van der Waals surface area contributed by atoms with Gasteiger partial charge in [-0.1, -0.05) is 12.1 Å². The van der Waals surface area contributed by atoms with Gasteiger partial charge in [0, 0.05) is 30.1 Å². The van der Waals surface area contributed by atoms with Crippen LogP contribution in [0.3, 0.4) is 0 Å². The van der Waals surface area contributed by atoms with Crippen molar-refractivity contribution >= 4 is 16.6 Å². The molecule has 1 aromatic carbocycles. The summed E-state index contributed by atoms with van der Waals surface area (Å²) in [6.45, 7) is 2.61. The molecule has 142 valence electrons. The summed E-state index contributed by atoms with van der Waals surface area (Å²) in [5.74, 6) is 1.19. The van der Waals surface area contributed by atoms with Crippen LogP contribution in [0.25, 0.3) is 28.1 Å². The number of nitrogens with zero attached hydrogens (tertiary/aromatic N) is 4. The first kappa shape index (κ1) is 17.1. The van der Waals surface area contributed by atoms with Gasteiger partial charge < -0.3 is 10.1 Å². The van der Waals surface area contributed by atoms with Crippen molar-refractivity contribution in [2.24, 2.45) is 5.92 Å². The number of halogens is 1. The van der Waals surface area contributed by atoms with Crippen LogP contribution in [0.5, 0.6) is 5.75 Å². The Morgan fingerprint density at radius 3 is 3.04 bits per heavy atom. The van der Waals surface area contributed by atoms with Crippen molar-refractivity contribution in [3.8, 4) is 17.3 Å². The second kappa shape index (κ2) is 7.16. The lowest BCUT2D eigenvalue weighted by Gasteiger charge is -2.22. The molecule has 0 aliphatic carbocycles. The minimum absolute atomic E-state index is 0.303. The molecule has 3 aromatic heterocycles. The molecule has 0 radical (unpaired) electrons. The Morgan fingerprint density at radius 2 is 2.14 bits per heavy atom. The Morgan fingerprint density at radius 1 is 1.18 bits per heavy atom. The molecule has 1 unspecified atom stereocenters. The van der Waals surface area contributed by atoms with Gasteiger partial charge in [-0.15, -0.1) is 10.2 Å². The van der Waals surface area contributed by atoms with Crippen molar-refractivity contribution in [2.75, 3.05) is 19.7 Å². The minimum Gasteiger partial charge on any atom is -0.493 e. The monoisotopic (exact) mass is 377 g/mol. The molecule has 1 atom stereocenters. The van der Waals surface area contributed by atoms with Crippen molar-refractivity contribution in [2.45, 2.75) is 12.8 Å². The number of pyridine rings is 2. The van der Waals surface area contributed by atoms with Crippen molar-refractivity contribution in [3.63, 3.8) is 0 Å². The summed E-state index contributed by atoms with van der Waals surface area (Å²) >= 11 is 0. The first-order chi connectivity index (χ1) is 13.8. The maximum absolute atomic E-state index is 14.8. The SMILES string of the molecule is Fc1cc(OCC2CCCNC2)cc2ccc(-c3nnc4ccccn34)nc12. The zero-order valence-electron chi connectivity index (χ0n) is 15.3. The van der Waals surface area contributed by atoms with Gasteiger partial charge in [0.1, 0.15) is 17.0 Å². The Bertz CT molecular complexity index is 1140. The van der Waals surface area contributed by atoms with E-state index < -0.39 is 5.82 Å². The lowest BCUT2D eigenvalue weighted by atomic mass is 10.0. The third-order valence-corrected chi connectivity index (χ3v) is 5.15. The highest BCUT2D eigenvalue weighted by Gasteiger charge is 2.15. The third-order valence-electron chi connectivity index (χ3n) is 5.15. The molecule has 0 bridgehead atoms. The summed E-state index contributed by atoms with van der Waals surface area (Å²) in [5, 5.41) is 12.4. The summed E-state index contributed by atoms with van der Waals surface area (Å²) in [6, 6.07) is 12.6. The molecule has 28 heavy (non-hydrogen) atoms. The maximum Gasteiger partial charge on any atom is 0.187 e. The average Bonchev–Trinajstić information content (AvgIpc) is 3.17. The molecule has 0 amide bonds. The quantitative estimate of drug-likeness (QED) is 0.590. The number of piperidine rings is 1. The van der Waals surface area contributed by atoms with E-state index in [-0.39, 0.29) is 0 Å². The molecule has 4 heterocycles. The molecule has 0 saturated carbocycles. The van der Waals surface area contributed by atoms with Crippen LogP contribution in [0, 0.1) is 11.7 Å². The predicted molar refractivity (Wildman–Crippen MR) is 105 cm³/mol. The molecule has 1 fully saturated rings. The number of ether oxygens (including phenoxy) is 1. The van der Waals surface area contributed by atoms with Gasteiger partial charge in [-0.05, 0) is 43.7 Å². The van der Waals surface area contributed by atoms with Gasteiger partial charge in [-0.2, -0.15) is 0 Å². The molecule has 1 aliphatic rings. The van der Waals surface area contributed by atoms with E-state index >= 15 is 0 Å². The van der Waals surface area contributed by atoms with E-state index in [1.807, 2.05) is 47.0 Å². The fourth-order valence-electron chi connectivity index (χ4n) is 3.67. The van der Waals surface area contributed by atoms with Gasteiger partial charge >= 0.3 is 0 Å². The van der Waals surface area contributed by atoms with E-state index in [2.05, 4.69) is 20.5 Å². The van der Waals surface area contributed by atoms with Crippen LogP contribution in [0.1, 0.15) is 12.8 Å². The Hall–Kier alpha value is -3.06. The smallest absolute Gasteiger partial charge is 0.187 e. The zero-order valence-corrected chi connectivity index (χ0v) is 15.3. The predicted octanol–water partition coefficient (Wildman–Crippen LogP) is 3.46. The molecular formula is C21H20FN5O. The maximum atomic E-state index is 14.8. The Labute approximate surface area is 161 Å². The number of aromatic nitrogens is 4. The van der Waals surface area contributed by atoms with E-state index in [1.54, 1.807) is 0 Å². The van der Waals surface area contributed by atoms with Crippen LogP contribution in [0.4, 0.5) is 4.39 Å².